The van der Waals surface area contributed by atoms with E-state index in [2.05, 4.69) is 26.2 Å². The zero-order chi connectivity index (χ0) is 56.5. The Morgan fingerprint density at radius 1 is 0.654 bits per heavy atom. The molecule has 4 amide bonds. The number of amidine groups is 2. The summed E-state index contributed by atoms with van der Waals surface area (Å²) in [6.45, 7) is 12.4. The molecule has 0 unspecified atom stereocenters. The van der Waals surface area contributed by atoms with Gasteiger partial charge in [0, 0.05) is 93.6 Å². The number of hydrogen-bond donors (Lipinski definition) is 4. The minimum Gasteiger partial charge on any atom is -0.496 e. The first-order chi connectivity index (χ1) is 37.6. The van der Waals surface area contributed by atoms with Gasteiger partial charge in [0.2, 0.25) is 17.7 Å². The highest BCUT2D eigenvalue weighted by molar-refractivity contribution is 6.08. The van der Waals surface area contributed by atoms with Crippen LogP contribution < -0.4 is 26.6 Å². The van der Waals surface area contributed by atoms with Crippen LogP contribution in [0.15, 0.2) is 91.8 Å². The molecule has 4 aromatic rings. The van der Waals surface area contributed by atoms with Gasteiger partial charge in [0.25, 0.3) is 5.91 Å². The van der Waals surface area contributed by atoms with Crippen molar-refractivity contribution >= 4 is 95.5 Å². The summed E-state index contributed by atoms with van der Waals surface area (Å²) in [7, 11) is 6.48. The quantitative estimate of drug-likeness (QED) is 0.0240. The third-order valence-electron chi connectivity index (χ3n) is 12.9. The fourth-order valence-electron chi connectivity index (χ4n) is 9.07. The van der Waals surface area contributed by atoms with Crippen molar-refractivity contribution in [3.05, 3.63) is 99.6 Å². The molecule has 19 heteroatoms. The van der Waals surface area contributed by atoms with Gasteiger partial charge in [-0.3, -0.25) is 39.6 Å². The van der Waals surface area contributed by atoms with Gasteiger partial charge in [0.15, 0.2) is 12.6 Å². The number of methoxy groups -OCH3 is 1. The van der Waals surface area contributed by atoms with Gasteiger partial charge in [0.1, 0.15) is 17.4 Å². The van der Waals surface area contributed by atoms with Crippen molar-refractivity contribution in [3.63, 3.8) is 0 Å². The Kier molecular flexibility index (Phi) is 20.9. The van der Waals surface area contributed by atoms with Gasteiger partial charge in [-0.05, 0) is 115 Å². The molecule has 4 aromatic carbocycles. The number of likely N-dealkylation sites (N-methyl/N-ethyl adjacent to an activating group) is 3. The Bertz CT molecular complexity index is 3090. The average molecular weight is 1060 g/mol. The summed E-state index contributed by atoms with van der Waals surface area (Å²) in [6.07, 6.45) is 11.6. The van der Waals surface area contributed by atoms with Crippen LogP contribution >= 0.6 is 0 Å². The lowest BCUT2D eigenvalue weighted by molar-refractivity contribution is -0.128. The summed E-state index contributed by atoms with van der Waals surface area (Å²) in [4.78, 5) is 104. The number of carbonyl (C=O) groups excluding carboxylic acids is 6. The standard InChI is InChI=1S/C59H72N12O7/c1-10-18-70(19-11-2)58(76)45-24-48-52(64-54(60)30-45)28-44(29-53(48)78-9)40-15-17-42(35-73)50(26-40)63-37-69(8)33-57(75)67-66-55-31-46(59(77)71(20-12-3)21-13-4)23-47-38(5)22-43(27-51(47)65-55)39-14-16-41(34-72)49(25-39)62-36-68(7)32-56(74)61-6/h14-17,22-29,34-37H,10-13,18-21,30-33H2,1-9H3,(H2,60,64)(H,61,74)(H,65,66)(H,67,75). The first-order valence-electron chi connectivity index (χ1n) is 26.3. The molecule has 0 radical (unpaired) electrons. The van der Waals surface area contributed by atoms with Gasteiger partial charge < -0.3 is 35.4 Å². The normalized spacial score (nSPS) is 12.9. The third-order valence-corrected chi connectivity index (χ3v) is 12.9. The number of aldehydes is 2. The average Bonchev–Trinajstić information content (AvgIpc) is 3.74. The highest BCUT2D eigenvalue weighted by atomic mass is 16.5. The van der Waals surface area contributed by atoms with Crippen molar-refractivity contribution in [2.75, 3.05) is 67.5 Å². The first-order valence-corrected chi connectivity index (χ1v) is 26.3. The second-order valence-electron chi connectivity index (χ2n) is 19.2. The van der Waals surface area contributed by atoms with Crippen molar-refractivity contribution in [3.8, 4) is 28.0 Å². The van der Waals surface area contributed by atoms with Gasteiger partial charge in [-0.1, -0.05) is 45.9 Å². The lowest BCUT2D eigenvalue weighted by Gasteiger charge is -2.23. The SMILES string of the molecule is CCCN(CCC)C(=O)C1=Cc2c(cc(-c3ccc(C=O)c(N=CN(C)CC(=O)NNC4=Nc5cc(-c6ccc(C=O)c(N=CN(C)CC(=O)NC)c6)cc(C)c5C=C(C(=O)N(CCC)CCC)C4)c3)cc2OC)N=C(N)C1. The zero-order valence-electron chi connectivity index (χ0n) is 46.2. The maximum absolute atomic E-state index is 14.2. The molecule has 0 fully saturated rings. The fraction of sp³-hybridized carbons (Fsp3) is 0.356. The van der Waals surface area contributed by atoms with Crippen LogP contribution in [0.4, 0.5) is 22.7 Å². The number of hydrazine groups is 1. The van der Waals surface area contributed by atoms with Crippen LogP contribution in [0, 0.1) is 6.92 Å². The molecule has 2 aliphatic rings. The molecule has 410 valence electrons. The van der Waals surface area contributed by atoms with E-state index in [1.165, 1.54) is 12.7 Å². The number of nitrogens with one attached hydrogen (secondary N) is 3. The number of ether oxygens (including phenoxy) is 1. The van der Waals surface area contributed by atoms with Crippen molar-refractivity contribution in [2.24, 2.45) is 25.7 Å². The second kappa shape index (κ2) is 27.9. The largest absolute Gasteiger partial charge is 0.496 e. The molecular weight excluding hydrogens is 989 g/mol. The first kappa shape index (κ1) is 58.5. The Morgan fingerprint density at radius 3 is 1.64 bits per heavy atom. The number of amides is 4. The summed E-state index contributed by atoms with van der Waals surface area (Å²) in [5, 5.41) is 2.58. The zero-order valence-corrected chi connectivity index (χ0v) is 46.2. The molecule has 0 aromatic heterocycles. The van der Waals surface area contributed by atoms with Gasteiger partial charge in [-0.2, -0.15) is 0 Å². The monoisotopic (exact) mass is 1060 g/mol. The summed E-state index contributed by atoms with van der Waals surface area (Å²) < 4.78 is 5.86. The predicted molar refractivity (Wildman–Crippen MR) is 311 cm³/mol. The number of hydrogen-bond acceptors (Lipinski definition) is 13. The van der Waals surface area contributed by atoms with E-state index in [0.717, 1.165) is 54.2 Å². The molecule has 0 bridgehead atoms. The number of rotatable bonds is 23. The van der Waals surface area contributed by atoms with E-state index in [1.54, 1.807) is 68.4 Å². The van der Waals surface area contributed by atoms with Gasteiger partial charge in [-0.25, -0.2) is 20.0 Å². The fourth-order valence-corrected chi connectivity index (χ4v) is 9.07. The molecular formula is C59H72N12O7. The van der Waals surface area contributed by atoms with Gasteiger partial charge in [-0.15, -0.1) is 0 Å². The molecule has 6 rings (SSSR count). The van der Waals surface area contributed by atoms with Gasteiger partial charge >= 0.3 is 0 Å². The Balaban J connectivity index is 1.24. The summed E-state index contributed by atoms with van der Waals surface area (Å²) in [6, 6.07) is 18.1. The number of nitrogens with two attached hydrogens (primary N) is 1. The number of nitrogens with zero attached hydrogens (tertiary/aromatic N) is 8. The van der Waals surface area contributed by atoms with E-state index in [4.69, 9.17) is 20.5 Å². The van der Waals surface area contributed by atoms with E-state index < -0.39 is 5.91 Å². The Hall–Kier alpha value is -8.74. The Morgan fingerprint density at radius 2 is 1.14 bits per heavy atom. The van der Waals surface area contributed by atoms with E-state index in [-0.39, 0.29) is 43.7 Å². The molecule has 0 atom stereocenters. The van der Waals surface area contributed by atoms with Crippen LogP contribution in [0.3, 0.4) is 0 Å². The third kappa shape index (κ3) is 15.0. The highest BCUT2D eigenvalue weighted by Gasteiger charge is 2.26. The number of fused-ring (bicyclic) bond motifs is 2. The van der Waals surface area contributed by atoms with Crippen molar-refractivity contribution in [1.82, 2.24) is 35.8 Å². The summed E-state index contributed by atoms with van der Waals surface area (Å²) in [5.74, 6) is 0.271. The smallest absolute Gasteiger partial charge is 0.257 e. The van der Waals surface area contributed by atoms with Crippen molar-refractivity contribution < 1.29 is 33.5 Å². The van der Waals surface area contributed by atoms with E-state index in [1.807, 2.05) is 86.9 Å². The maximum atomic E-state index is 14.2. The molecule has 5 N–H and O–H groups in total. The van der Waals surface area contributed by atoms with Crippen LogP contribution in [0.25, 0.3) is 34.4 Å². The molecule has 0 saturated carbocycles. The van der Waals surface area contributed by atoms with Crippen LogP contribution in [0.2, 0.25) is 0 Å². The van der Waals surface area contributed by atoms with Crippen molar-refractivity contribution in [2.45, 2.75) is 73.1 Å². The van der Waals surface area contributed by atoms with E-state index in [9.17, 15) is 28.8 Å². The van der Waals surface area contributed by atoms with Crippen LogP contribution in [-0.4, -0.2) is 148 Å². The van der Waals surface area contributed by atoms with Crippen LogP contribution in [0.1, 0.15) is 104 Å². The second-order valence-corrected chi connectivity index (χ2v) is 19.2. The van der Waals surface area contributed by atoms with Crippen LogP contribution in [0.5, 0.6) is 5.75 Å². The lowest BCUT2D eigenvalue weighted by Crippen LogP contribution is -2.46. The topological polar surface area (TPSA) is 236 Å². The molecule has 0 aliphatic carbocycles. The predicted octanol–water partition coefficient (Wildman–Crippen LogP) is 8.10. The number of aryl methyl sites for hydroxylation is 1. The minimum atomic E-state index is -0.440. The maximum Gasteiger partial charge on any atom is 0.257 e. The number of benzene rings is 4. The van der Waals surface area contributed by atoms with Gasteiger partial charge in [0.05, 0.1) is 55.6 Å². The molecule has 2 aliphatic heterocycles. The molecule has 0 saturated heterocycles. The Labute approximate surface area is 457 Å². The van der Waals surface area contributed by atoms with Crippen LogP contribution in [-0.2, 0) is 19.2 Å². The number of aliphatic imine (C=N–C) groups is 4. The summed E-state index contributed by atoms with van der Waals surface area (Å²) >= 11 is 0. The van der Waals surface area contributed by atoms with E-state index >= 15 is 0 Å². The lowest BCUT2D eigenvalue weighted by atomic mass is 9.95. The van der Waals surface area contributed by atoms with E-state index in [0.29, 0.717) is 112 Å². The molecule has 0 spiro atoms. The molecule has 19 nitrogen and oxygen atoms in total. The highest BCUT2D eigenvalue weighted by Crippen LogP contribution is 2.41. The molecule has 2 heterocycles. The number of carbonyl (C=O) groups is 6. The van der Waals surface area contributed by atoms with Crippen molar-refractivity contribution in [1.29, 1.82) is 0 Å². The minimum absolute atomic E-state index is 0.0812. The summed E-state index contributed by atoms with van der Waals surface area (Å²) in [5.41, 5.74) is 20.9. The molecule has 78 heavy (non-hydrogen) atoms.